The molecule has 0 saturated heterocycles. The van der Waals surface area contributed by atoms with Gasteiger partial charge in [-0.3, -0.25) is 9.59 Å². The van der Waals surface area contributed by atoms with Crippen LogP contribution in [0.15, 0.2) is 0 Å². The summed E-state index contributed by atoms with van der Waals surface area (Å²) < 4.78 is 4.92. The normalized spacial score (nSPS) is 24.1. The summed E-state index contributed by atoms with van der Waals surface area (Å²) >= 11 is 0. The molecule has 1 aliphatic carbocycles. The molecule has 1 fully saturated rings. The van der Waals surface area contributed by atoms with Crippen LogP contribution in [0, 0.1) is 11.8 Å². The SMILES string of the molecule is COCCCC(N)C(=O)NCC1CCCCC1C(=O)O. The first-order valence-electron chi connectivity index (χ1n) is 7.31. The molecule has 3 atom stereocenters. The fourth-order valence-corrected chi connectivity index (χ4v) is 2.72. The van der Waals surface area contributed by atoms with Crippen molar-refractivity contribution in [3.05, 3.63) is 0 Å². The molecule has 0 aromatic heterocycles. The van der Waals surface area contributed by atoms with Crippen LogP contribution in [0.2, 0.25) is 0 Å². The third-order valence-electron chi connectivity index (χ3n) is 3.97. The molecule has 0 heterocycles. The van der Waals surface area contributed by atoms with Gasteiger partial charge in [-0.2, -0.15) is 0 Å². The number of carboxylic acid groups (broad SMARTS) is 1. The number of nitrogens with two attached hydrogens (primary N) is 1. The third kappa shape index (κ3) is 5.46. The van der Waals surface area contributed by atoms with Gasteiger partial charge in [0.25, 0.3) is 0 Å². The second kappa shape index (κ2) is 8.92. The lowest BCUT2D eigenvalue weighted by Gasteiger charge is -2.29. The van der Waals surface area contributed by atoms with Crippen molar-refractivity contribution in [3.63, 3.8) is 0 Å². The zero-order valence-electron chi connectivity index (χ0n) is 12.1. The third-order valence-corrected chi connectivity index (χ3v) is 3.97. The van der Waals surface area contributed by atoms with Gasteiger partial charge >= 0.3 is 5.97 Å². The molecule has 1 saturated carbocycles. The molecule has 0 aromatic carbocycles. The highest BCUT2D eigenvalue weighted by Crippen LogP contribution is 2.29. The van der Waals surface area contributed by atoms with Gasteiger partial charge in [0.1, 0.15) is 0 Å². The fraction of sp³-hybridized carbons (Fsp3) is 0.857. The Hall–Kier alpha value is -1.14. The van der Waals surface area contributed by atoms with E-state index in [1.807, 2.05) is 0 Å². The zero-order chi connectivity index (χ0) is 15.0. The lowest BCUT2D eigenvalue weighted by molar-refractivity contribution is -0.145. The number of carboxylic acids is 1. The predicted molar refractivity (Wildman–Crippen MR) is 75.2 cm³/mol. The quantitative estimate of drug-likeness (QED) is 0.571. The maximum atomic E-state index is 11.8. The van der Waals surface area contributed by atoms with Crippen LogP contribution in [-0.4, -0.2) is 43.3 Å². The Kier molecular flexibility index (Phi) is 7.54. The van der Waals surface area contributed by atoms with Gasteiger partial charge in [-0.05, 0) is 31.6 Å². The fourth-order valence-electron chi connectivity index (χ4n) is 2.72. The predicted octanol–water partition coefficient (Wildman–Crippen LogP) is 0.748. The van der Waals surface area contributed by atoms with Crippen molar-refractivity contribution in [2.75, 3.05) is 20.3 Å². The summed E-state index contributed by atoms with van der Waals surface area (Å²) in [7, 11) is 1.61. The molecular weight excluding hydrogens is 260 g/mol. The summed E-state index contributed by atoms with van der Waals surface area (Å²) in [4.78, 5) is 23.0. The Morgan fingerprint density at radius 3 is 2.75 bits per heavy atom. The van der Waals surface area contributed by atoms with E-state index in [2.05, 4.69) is 5.32 Å². The maximum absolute atomic E-state index is 11.8. The molecule has 0 spiro atoms. The van der Waals surface area contributed by atoms with Gasteiger partial charge in [0, 0.05) is 20.3 Å². The molecule has 1 aliphatic rings. The molecule has 6 nitrogen and oxygen atoms in total. The van der Waals surface area contributed by atoms with Crippen LogP contribution < -0.4 is 11.1 Å². The zero-order valence-corrected chi connectivity index (χ0v) is 12.1. The largest absolute Gasteiger partial charge is 0.481 e. The minimum atomic E-state index is -0.756. The van der Waals surface area contributed by atoms with Gasteiger partial charge in [0.15, 0.2) is 0 Å². The van der Waals surface area contributed by atoms with Crippen molar-refractivity contribution in [3.8, 4) is 0 Å². The molecule has 1 amide bonds. The van der Waals surface area contributed by atoms with Gasteiger partial charge in [-0.1, -0.05) is 12.8 Å². The molecule has 4 N–H and O–H groups in total. The molecule has 0 radical (unpaired) electrons. The van der Waals surface area contributed by atoms with Crippen molar-refractivity contribution in [2.24, 2.45) is 17.6 Å². The van der Waals surface area contributed by atoms with E-state index >= 15 is 0 Å². The monoisotopic (exact) mass is 286 g/mol. The number of aliphatic carboxylic acids is 1. The molecule has 0 bridgehead atoms. The van der Waals surface area contributed by atoms with Crippen LogP contribution in [0.25, 0.3) is 0 Å². The summed E-state index contributed by atoms with van der Waals surface area (Å²) in [6.45, 7) is 0.998. The number of hydrogen-bond donors (Lipinski definition) is 3. The van der Waals surface area contributed by atoms with Gasteiger partial charge in [-0.15, -0.1) is 0 Å². The Morgan fingerprint density at radius 2 is 2.10 bits per heavy atom. The Balaban J connectivity index is 2.33. The highest BCUT2D eigenvalue weighted by Gasteiger charge is 2.31. The van der Waals surface area contributed by atoms with Crippen LogP contribution in [0.4, 0.5) is 0 Å². The maximum Gasteiger partial charge on any atom is 0.306 e. The summed E-state index contributed by atoms with van der Waals surface area (Å²) in [5, 5.41) is 12.0. The van der Waals surface area contributed by atoms with Gasteiger partial charge in [0.05, 0.1) is 12.0 Å². The van der Waals surface area contributed by atoms with Crippen molar-refractivity contribution >= 4 is 11.9 Å². The van der Waals surface area contributed by atoms with E-state index in [0.29, 0.717) is 26.0 Å². The van der Waals surface area contributed by atoms with E-state index in [-0.39, 0.29) is 17.7 Å². The van der Waals surface area contributed by atoms with Crippen LogP contribution in [-0.2, 0) is 14.3 Å². The molecular formula is C14H26N2O4. The van der Waals surface area contributed by atoms with Crippen molar-refractivity contribution in [1.29, 1.82) is 0 Å². The average Bonchev–Trinajstić information content (AvgIpc) is 2.45. The van der Waals surface area contributed by atoms with E-state index in [0.717, 1.165) is 25.7 Å². The standard InChI is InChI=1S/C14H26N2O4/c1-20-8-4-7-12(15)13(17)16-9-10-5-2-3-6-11(10)14(18)19/h10-12H,2-9,15H2,1H3,(H,16,17)(H,18,19). The number of carbonyl (C=O) groups is 2. The highest BCUT2D eigenvalue weighted by molar-refractivity contribution is 5.81. The first-order valence-corrected chi connectivity index (χ1v) is 7.31. The number of ether oxygens (including phenoxy) is 1. The molecule has 0 aromatic rings. The van der Waals surface area contributed by atoms with Crippen LogP contribution in [0.1, 0.15) is 38.5 Å². The van der Waals surface area contributed by atoms with Crippen LogP contribution in [0.3, 0.4) is 0 Å². The summed E-state index contributed by atoms with van der Waals surface area (Å²) in [5.41, 5.74) is 5.78. The number of hydrogen-bond acceptors (Lipinski definition) is 4. The number of rotatable bonds is 8. The Morgan fingerprint density at radius 1 is 1.40 bits per heavy atom. The lowest BCUT2D eigenvalue weighted by atomic mass is 9.79. The number of amides is 1. The first kappa shape index (κ1) is 16.9. The summed E-state index contributed by atoms with van der Waals surface area (Å²) in [5.74, 6) is -1.27. The van der Waals surface area contributed by atoms with E-state index in [9.17, 15) is 14.7 Å². The smallest absolute Gasteiger partial charge is 0.306 e. The van der Waals surface area contributed by atoms with E-state index in [4.69, 9.17) is 10.5 Å². The van der Waals surface area contributed by atoms with Crippen molar-refractivity contribution in [1.82, 2.24) is 5.32 Å². The molecule has 1 rings (SSSR count). The number of carbonyl (C=O) groups excluding carboxylic acids is 1. The Labute approximate surface area is 120 Å². The van der Waals surface area contributed by atoms with E-state index in [1.165, 1.54) is 0 Å². The summed E-state index contributed by atoms with van der Waals surface area (Å²) in [6, 6.07) is -0.544. The topological polar surface area (TPSA) is 102 Å². The second-order valence-corrected chi connectivity index (χ2v) is 5.48. The number of nitrogens with one attached hydrogen (secondary N) is 1. The van der Waals surface area contributed by atoms with Crippen LogP contribution in [0.5, 0.6) is 0 Å². The molecule has 20 heavy (non-hydrogen) atoms. The minimum Gasteiger partial charge on any atom is -0.481 e. The van der Waals surface area contributed by atoms with Crippen molar-refractivity contribution < 1.29 is 19.4 Å². The Bertz CT molecular complexity index is 322. The molecule has 6 heteroatoms. The van der Waals surface area contributed by atoms with Gasteiger partial charge in [-0.25, -0.2) is 0 Å². The van der Waals surface area contributed by atoms with Crippen molar-refractivity contribution in [2.45, 2.75) is 44.6 Å². The second-order valence-electron chi connectivity index (χ2n) is 5.48. The highest BCUT2D eigenvalue weighted by atomic mass is 16.5. The average molecular weight is 286 g/mol. The first-order chi connectivity index (χ1) is 9.56. The summed E-state index contributed by atoms with van der Waals surface area (Å²) in [6.07, 6.45) is 4.87. The van der Waals surface area contributed by atoms with Crippen LogP contribution >= 0.6 is 0 Å². The van der Waals surface area contributed by atoms with E-state index < -0.39 is 12.0 Å². The van der Waals surface area contributed by atoms with Gasteiger partial charge < -0.3 is 20.9 Å². The van der Waals surface area contributed by atoms with E-state index in [1.54, 1.807) is 7.11 Å². The molecule has 0 aliphatic heterocycles. The molecule has 116 valence electrons. The lowest BCUT2D eigenvalue weighted by Crippen LogP contribution is -2.44. The minimum absolute atomic E-state index is 0.0244. The molecule has 3 unspecified atom stereocenters. The number of methoxy groups -OCH3 is 1. The van der Waals surface area contributed by atoms with Gasteiger partial charge in [0.2, 0.25) is 5.91 Å².